The number of carbonyl (C=O) groups excluding carboxylic acids is 1. The van der Waals surface area contributed by atoms with Crippen LogP contribution in [0.15, 0.2) is 39.7 Å². The highest BCUT2D eigenvalue weighted by Crippen LogP contribution is 1.83. The second-order valence-corrected chi connectivity index (χ2v) is 4.04. The smallest absolute Gasteiger partial charge is 0.337 e. The van der Waals surface area contributed by atoms with E-state index in [4.69, 9.17) is 4.74 Å². The fourth-order valence-electron chi connectivity index (χ4n) is 1.72. The summed E-state index contributed by atoms with van der Waals surface area (Å²) in [6, 6.07) is 0. The number of allylic oxidation sites excluding steroid dienone is 2. The molecule has 0 saturated heterocycles. The highest BCUT2D eigenvalue weighted by molar-refractivity contribution is 5.69. The predicted octanol–water partition coefficient (Wildman–Crippen LogP) is -0.893. The Morgan fingerprint density at radius 1 is 1.00 bits per heavy atom. The maximum absolute atomic E-state index is 12.1. The van der Waals surface area contributed by atoms with Crippen LogP contribution in [0, 0.1) is 0 Å². The molecule has 0 aliphatic rings. The summed E-state index contributed by atoms with van der Waals surface area (Å²) in [5, 5.41) is 0. The molecule has 21 heavy (non-hydrogen) atoms. The molecule has 114 valence electrons. The number of esters is 1. The first-order valence-electron chi connectivity index (χ1n) is 6.29. The average Bonchev–Trinajstić information content (AvgIpc) is 2.45. The van der Waals surface area contributed by atoms with Gasteiger partial charge in [0.15, 0.2) is 0 Å². The quantitative estimate of drug-likeness (QED) is 0.480. The lowest BCUT2D eigenvalue weighted by atomic mass is 10.5. The van der Waals surface area contributed by atoms with Crippen LogP contribution in [-0.2, 0) is 29.2 Å². The van der Waals surface area contributed by atoms with Crippen LogP contribution >= 0.6 is 0 Å². The third-order valence-corrected chi connectivity index (χ3v) is 2.60. The van der Waals surface area contributed by atoms with Gasteiger partial charge in [0.05, 0.1) is 19.7 Å². The Morgan fingerprint density at radius 2 is 1.43 bits per heavy atom. The van der Waals surface area contributed by atoms with E-state index in [1.807, 2.05) is 0 Å². The third-order valence-electron chi connectivity index (χ3n) is 2.60. The Bertz CT molecular complexity index is 675. The van der Waals surface area contributed by atoms with Crippen LogP contribution in [0.3, 0.4) is 0 Å². The van der Waals surface area contributed by atoms with Crippen molar-refractivity contribution < 1.29 is 9.53 Å². The number of hydrogen-bond acceptors (Lipinski definition) is 5. The van der Waals surface area contributed by atoms with Crippen LogP contribution in [-0.4, -0.2) is 26.3 Å². The first kappa shape index (κ1) is 16.4. The molecule has 8 heteroatoms. The van der Waals surface area contributed by atoms with E-state index in [1.54, 1.807) is 6.92 Å². The fraction of sp³-hybridized carbons (Fsp3) is 0.385. The Kier molecular flexibility index (Phi) is 5.65. The number of hydrogen-bond donors (Lipinski definition) is 0. The zero-order valence-electron chi connectivity index (χ0n) is 11.8. The SMILES string of the molecule is C=CCn1c(=O)n(CC=C)c(=O)n(CC(=O)OCC)c1=O. The summed E-state index contributed by atoms with van der Waals surface area (Å²) < 4.78 is 7.00. The number of aromatic nitrogens is 3. The third kappa shape index (κ3) is 3.47. The Labute approximate surface area is 120 Å². The molecule has 0 spiro atoms. The second kappa shape index (κ2) is 7.22. The van der Waals surface area contributed by atoms with E-state index < -0.39 is 29.6 Å². The summed E-state index contributed by atoms with van der Waals surface area (Å²) in [5.41, 5.74) is -2.53. The number of ether oxygens (including phenoxy) is 1. The van der Waals surface area contributed by atoms with Gasteiger partial charge < -0.3 is 4.74 Å². The van der Waals surface area contributed by atoms with E-state index in [0.717, 1.165) is 9.13 Å². The molecule has 0 radical (unpaired) electrons. The Hall–Kier alpha value is -2.64. The molecule has 0 atom stereocenters. The lowest BCUT2D eigenvalue weighted by Crippen LogP contribution is -2.55. The molecule has 1 aromatic rings. The minimum atomic E-state index is -0.877. The Morgan fingerprint density at radius 3 is 1.81 bits per heavy atom. The van der Waals surface area contributed by atoms with Gasteiger partial charge in [-0.3, -0.25) is 4.79 Å². The molecule has 8 nitrogen and oxygen atoms in total. The van der Waals surface area contributed by atoms with Gasteiger partial charge >= 0.3 is 23.0 Å². The van der Waals surface area contributed by atoms with Crippen molar-refractivity contribution in [2.24, 2.45) is 0 Å². The van der Waals surface area contributed by atoms with Crippen molar-refractivity contribution in [2.45, 2.75) is 26.6 Å². The van der Waals surface area contributed by atoms with Crippen molar-refractivity contribution >= 4 is 5.97 Å². The number of rotatable bonds is 7. The molecular formula is C13H17N3O5. The van der Waals surface area contributed by atoms with Gasteiger partial charge in [0.25, 0.3) is 0 Å². The fourth-order valence-corrected chi connectivity index (χ4v) is 1.72. The second-order valence-electron chi connectivity index (χ2n) is 4.04. The van der Waals surface area contributed by atoms with Gasteiger partial charge in [0.2, 0.25) is 0 Å². The van der Waals surface area contributed by atoms with Crippen LogP contribution in [0.1, 0.15) is 6.92 Å². The maximum Gasteiger partial charge on any atom is 0.337 e. The average molecular weight is 295 g/mol. The van der Waals surface area contributed by atoms with Gasteiger partial charge in [-0.1, -0.05) is 12.2 Å². The van der Waals surface area contributed by atoms with Crippen molar-refractivity contribution in [2.75, 3.05) is 6.61 Å². The minimum Gasteiger partial charge on any atom is -0.465 e. The van der Waals surface area contributed by atoms with Crippen LogP contribution in [0.25, 0.3) is 0 Å². The number of nitrogens with zero attached hydrogens (tertiary/aromatic N) is 3. The van der Waals surface area contributed by atoms with E-state index in [0.29, 0.717) is 4.57 Å². The summed E-state index contributed by atoms with van der Waals surface area (Å²) in [6.45, 7) is 7.93. The van der Waals surface area contributed by atoms with Gasteiger partial charge in [0.1, 0.15) is 6.54 Å². The molecule has 1 aromatic heterocycles. The molecule has 0 unspecified atom stereocenters. The molecule has 1 heterocycles. The van der Waals surface area contributed by atoms with Crippen molar-refractivity contribution in [1.82, 2.24) is 13.7 Å². The van der Waals surface area contributed by atoms with Gasteiger partial charge in [-0.15, -0.1) is 13.2 Å². The minimum absolute atomic E-state index is 0.0715. The molecule has 0 fully saturated rings. The van der Waals surface area contributed by atoms with Gasteiger partial charge in [0, 0.05) is 0 Å². The van der Waals surface area contributed by atoms with E-state index >= 15 is 0 Å². The molecule has 0 aliphatic carbocycles. The lowest BCUT2D eigenvalue weighted by Gasteiger charge is -2.11. The van der Waals surface area contributed by atoms with Gasteiger partial charge in [-0.05, 0) is 6.92 Å². The van der Waals surface area contributed by atoms with E-state index in [2.05, 4.69) is 13.2 Å². The molecule has 0 bridgehead atoms. The zero-order chi connectivity index (χ0) is 16.0. The van der Waals surface area contributed by atoms with Crippen molar-refractivity contribution in [3.05, 3.63) is 56.8 Å². The first-order chi connectivity index (χ1) is 9.97. The normalized spacial score (nSPS) is 10.1. The summed E-state index contributed by atoms with van der Waals surface area (Å²) in [6.07, 6.45) is 2.69. The van der Waals surface area contributed by atoms with Crippen LogP contribution in [0.5, 0.6) is 0 Å². The molecule has 0 aliphatic heterocycles. The lowest BCUT2D eigenvalue weighted by molar-refractivity contribution is -0.144. The van der Waals surface area contributed by atoms with Gasteiger partial charge in [-0.25, -0.2) is 28.1 Å². The van der Waals surface area contributed by atoms with Crippen molar-refractivity contribution in [1.29, 1.82) is 0 Å². The van der Waals surface area contributed by atoms with Gasteiger partial charge in [-0.2, -0.15) is 0 Å². The largest absolute Gasteiger partial charge is 0.465 e. The van der Waals surface area contributed by atoms with Crippen LogP contribution in [0.4, 0.5) is 0 Å². The highest BCUT2D eigenvalue weighted by Gasteiger charge is 2.16. The zero-order valence-corrected chi connectivity index (χ0v) is 11.8. The molecule has 0 N–H and O–H groups in total. The summed E-state index contributed by atoms with van der Waals surface area (Å²) in [7, 11) is 0. The molecule has 0 aromatic carbocycles. The molecular weight excluding hydrogens is 278 g/mol. The highest BCUT2D eigenvalue weighted by atomic mass is 16.5. The summed E-state index contributed by atoms with van der Waals surface area (Å²) in [4.78, 5) is 47.8. The predicted molar refractivity (Wildman–Crippen MR) is 76.2 cm³/mol. The molecule has 0 amide bonds. The van der Waals surface area contributed by atoms with E-state index in [9.17, 15) is 19.2 Å². The first-order valence-corrected chi connectivity index (χ1v) is 6.29. The summed E-state index contributed by atoms with van der Waals surface area (Å²) >= 11 is 0. The topological polar surface area (TPSA) is 92.3 Å². The Balaban J connectivity index is 3.55. The molecule has 0 saturated carbocycles. The van der Waals surface area contributed by atoms with Crippen molar-refractivity contribution in [3.8, 4) is 0 Å². The standard InChI is InChI=1S/C13H17N3O5/c1-4-7-14-11(18)15(8-5-2)13(20)16(12(14)19)9-10(17)21-6-3/h4-5H,1-2,6-9H2,3H3. The van der Waals surface area contributed by atoms with E-state index in [-0.39, 0.29) is 19.7 Å². The van der Waals surface area contributed by atoms with Crippen LogP contribution < -0.4 is 17.1 Å². The van der Waals surface area contributed by atoms with Crippen molar-refractivity contribution in [3.63, 3.8) is 0 Å². The summed E-state index contributed by atoms with van der Waals surface area (Å²) in [5.74, 6) is -0.731. The van der Waals surface area contributed by atoms with Crippen LogP contribution in [0.2, 0.25) is 0 Å². The molecule has 1 rings (SSSR count). The maximum atomic E-state index is 12.1. The number of carbonyl (C=O) groups is 1. The van der Waals surface area contributed by atoms with E-state index in [1.165, 1.54) is 12.2 Å². The monoisotopic (exact) mass is 295 g/mol.